The van der Waals surface area contributed by atoms with Crippen molar-refractivity contribution < 1.29 is 4.79 Å². The maximum absolute atomic E-state index is 12.8. The van der Waals surface area contributed by atoms with Crippen LogP contribution < -0.4 is 10.6 Å². The Kier molecular flexibility index (Phi) is 5.27. The molecule has 0 bridgehead atoms. The zero-order chi connectivity index (χ0) is 17.9. The first kappa shape index (κ1) is 18.0. The molecular weight excluding hydrogens is 298 g/mol. The minimum absolute atomic E-state index is 0.0809. The van der Waals surface area contributed by atoms with Gasteiger partial charge < -0.3 is 10.6 Å². The maximum atomic E-state index is 12.8. The van der Waals surface area contributed by atoms with Crippen molar-refractivity contribution in [3.8, 4) is 0 Å². The average Bonchev–Trinajstić information content (AvgIpc) is 3.22. The highest BCUT2D eigenvalue weighted by atomic mass is 16.1. The van der Waals surface area contributed by atoms with Crippen LogP contribution in [0, 0.1) is 6.92 Å². The zero-order valence-electron chi connectivity index (χ0n) is 15.3. The largest absolute Gasteiger partial charge is 0.365 e. The Morgan fingerprint density at radius 3 is 2.42 bits per heavy atom. The molecule has 2 rings (SSSR count). The maximum Gasteiger partial charge on any atom is 0.255 e. The standard InChI is InChI=1S/C20H27N3O/c1-13(2)17(15(4)18(21-6)23-20(5)10-11-20)19(24)22-16-9-7-8-14(3)12-16/h7-9,12,23H,6,10-11H2,1-5H3,(H,22,24)/b18-15-. The van der Waals surface area contributed by atoms with E-state index in [1.165, 1.54) is 0 Å². The van der Waals surface area contributed by atoms with Crippen LogP contribution in [0.4, 0.5) is 5.69 Å². The molecule has 0 saturated heterocycles. The van der Waals surface area contributed by atoms with Crippen LogP contribution >= 0.6 is 0 Å². The molecule has 0 heterocycles. The summed E-state index contributed by atoms with van der Waals surface area (Å²) in [5.74, 6) is 0.563. The van der Waals surface area contributed by atoms with E-state index in [0.717, 1.165) is 35.2 Å². The molecule has 0 unspecified atom stereocenters. The molecule has 128 valence electrons. The lowest BCUT2D eigenvalue weighted by Crippen LogP contribution is -2.28. The Hall–Kier alpha value is -2.36. The van der Waals surface area contributed by atoms with Gasteiger partial charge in [0.2, 0.25) is 0 Å². The molecule has 1 aliphatic rings. The van der Waals surface area contributed by atoms with E-state index in [-0.39, 0.29) is 11.4 Å². The molecule has 1 aliphatic carbocycles. The van der Waals surface area contributed by atoms with Crippen LogP contribution in [-0.2, 0) is 4.79 Å². The van der Waals surface area contributed by atoms with Crippen molar-refractivity contribution in [3.63, 3.8) is 0 Å². The predicted octanol–water partition coefficient (Wildman–Crippen LogP) is 4.34. The second kappa shape index (κ2) is 7.04. The Bertz CT molecular complexity index is 720. The molecule has 24 heavy (non-hydrogen) atoms. The number of carbonyl (C=O) groups is 1. The third kappa shape index (κ3) is 4.34. The quantitative estimate of drug-likeness (QED) is 0.464. The molecular formula is C20H27N3O. The van der Waals surface area contributed by atoms with Crippen LogP contribution in [0.5, 0.6) is 0 Å². The highest BCUT2D eigenvalue weighted by molar-refractivity contribution is 6.07. The first-order valence-corrected chi connectivity index (χ1v) is 8.27. The number of anilines is 1. The van der Waals surface area contributed by atoms with Gasteiger partial charge in [0.1, 0.15) is 5.82 Å². The van der Waals surface area contributed by atoms with Crippen LogP contribution in [-0.4, -0.2) is 18.2 Å². The summed E-state index contributed by atoms with van der Waals surface area (Å²) in [6.07, 6.45) is 2.22. The molecule has 0 aliphatic heterocycles. The van der Waals surface area contributed by atoms with Crippen LogP contribution in [0.25, 0.3) is 0 Å². The van der Waals surface area contributed by atoms with Gasteiger partial charge >= 0.3 is 0 Å². The van der Waals surface area contributed by atoms with Gasteiger partial charge in [-0.05, 0) is 71.9 Å². The van der Waals surface area contributed by atoms with E-state index in [9.17, 15) is 4.79 Å². The van der Waals surface area contributed by atoms with E-state index >= 15 is 0 Å². The average molecular weight is 325 g/mol. The lowest BCUT2D eigenvalue weighted by molar-refractivity contribution is -0.112. The first-order valence-electron chi connectivity index (χ1n) is 8.27. The van der Waals surface area contributed by atoms with Gasteiger partial charge in [-0.3, -0.25) is 4.79 Å². The summed E-state index contributed by atoms with van der Waals surface area (Å²) in [4.78, 5) is 16.9. The van der Waals surface area contributed by atoms with Crippen molar-refractivity contribution in [2.24, 2.45) is 4.99 Å². The molecule has 0 radical (unpaired) electrons. The number of hydrogen-bond acceptors (Lipinski definition) is 3. The molecule has 1 aromatic carbocycles. The third-order valence-electron chi connectivity index (χ3n) is 4.31. The summed E-state index contributed by atoms with van der Waals surface area (Å²) < 4.78 is 0. The second-order valence-electron chi connectivity index (χ2n) is 7.02. The fourth-order valence-electron chi connectivity index (χ4n) is 2.66. The summed E-state index contributed by atoms with van der Waals surface area (Å²) in [6.45, 7) is 13.6. The Morgan fingerprint density at radius 2 is 1.92 bits per heavy atom. The highest BCUT2D eigenvalue weighted by Crippen LogP contribution is 2.36. The van der Waals surface area contributed by atoms with Crippen molar-refractivity contribution in [1.29, 1.82) is 0 Å². The smallest absolute Gasteiger partial charge is 0.255 e. The number of nitrogens with one attached hydrogen (secondary N) is 2. The molecule has 0 atom stereocenters. The second-order valence-corrected chi connectivity index (χ2v) is 7.02. The minimum atomic E-state index is -0.123. The van der Waals surface area contributed by atoms with E-state index in [2.05, 4.69) is 29.3 Å². The normalized spacial score (nSPS) is 15.9. The number of allylic oxidation sites excluding steroid dienone is 1. The number of aliphatic imine (C=N–C) groups is 1. The van der Waals surface area contributed by atoms with Gasteiger partial charge in [-0.15, -0.1) is 0 Å². The summed E-state index contributed by atoms with van der Waals surface area (Å²) in [5.41, 5.74) is 4.40. The molecule has 1 saturated carbocycles. The van der Waals surface area contributed by atoms with Gasteiger partial charge in [-0.25, -0.2) is 4.99 Å². The highest BCUT2D eigenvalue weighted by Gasteiger charge is 2.38. The fraction of sp³-hybridized carbons (Fsp3) is 0.400. The third-order valence-corrected chi connectivity index (χ3v) is 4.31. The summed E-state index contributed by atoms with van der Waals surface area (Å²) >= 11 is 0. The number of amides is 1. The molecule has 4 heteroatoms. The van der Waals surface area contributed by atoms with Crippen molar-refractivity contribution in [1.82, 2.24) is 5.32 Å². The van der Waals surface area contributed by atoms with Gasteiger partial charge in [-0.1, -0.05) is 17.7 Å². The van der Waals surface area contributed by atoms with Crippen LogP contribution in [0.2, 0.25) is 0 Å². The van der Waals surface area contributed by atoms with E-state index in [1.807, 2.05) is 52.0 Å². The summed E-state index contributed by atoms with van der Waals surface area (Å²) in [6, 6.07) is 7.78. The lowest BCUT2D eigenvalue weighted by Gasteiger charge is -2.18. The number of carbonyl (C=O) groups excluding carboxylic acids is 1. The monoisotopic (exact) mass is 325 g/mol. The van der Waals surface area contributed by atoms with Crippen molar-refractivity contribution in [2.75, 3.05) is 5.32 Å². The number of nitrogens with zero attached hydrogens (tertiary/aromatic N) is 1. The van der Waals surface area contributed by atoms with E-state index in [1.54, 1.807) is 0 Å². The molecule has 1 aromatic rings. The summed E-state index contributed by atoms with van der Waals surface area (Å²) in [5, 5.41) is 6.40. The number of hydrogen-bond donors (Lipinski definition) is 2. The van der Waals surface area contributed by atoms with Gasteiger partial charge in [-0.2, -0.15) is 0 Å². The van der Waals surface area contributed by atoms with Crippen LogP contribution in [0.1, 0.15) is 46.1 Å². The SMILES string of the molecule is C=N/C(NC1(C)CC1)=C(\C)C(C(=O)Nc1cccc(C)c1)=C(C)C. The topological polar surface area (TPSA) is 53.5 Å². The fourth-order valence-corrected chi connectivity index (χ4v) is 2.66. The lowest BCUT2D eigenvalue weighted by atomic mass is 10.0. The van der Waals surface area contributed by atoms with E-state index < -0.39 is 0 Å². The molecule has 0 spiro atoms. The Balaban J connectivity index is 2.29. The van der Waals surface area contributed by atoms with Crippen molar-refractivity contribution >= 4 is 18.3 Å². The Labute approximate surface area is 144 Å². The molecule has 1 fully saturated rings. The number of rotatable bonds is 6. The van der Waals surface area contributed by atoms with Gasteiger partial charge in [0.15, 0.2) is 0 Å². The van der Waals surface area contributed by atoms with Crippen LogP contribution in [0.3, 0.4) is 0 Å². The van der Waals surface area contributed by atoms with Crippen molar-refractivity contribution in [3.05, 3.63) is 52.4 Å². The molecule has 4 nitrogen and oxygen atoms in total. The van der Waals surface area contributed by atoms with Gasteiger partial charge in [0.25, 0.3) is 5.91 Å². The van der Waals surface area contributed by atoms with Crippen LogP contribution in [0.15, 0.2) is 51.8 Å². The van der Waals surface area contributed by atoms with Gasteiger partial charge in [0, 0.05) is 22.4 Å². The number of benzene rings is 1. The van der Waals surface area contributed by atoms with Gasteiger partial charge in [0.05, 0.1) is 0 Å². The summed E-state index contributed by atoms with van der Waals surface area (Å²) in [7, 11) is 0. The first-order chi connectivity index (χ1) is 11.3. The molecule has 2 N–H and O–H groups in total. The van der Waals surface area contributed by atoms with Crippen molar-refractivity contribution in [2.45, 2.75) is 53.0 Å². The molecule has 0 aromatic heterocycles. The minimum Gasteiger partial charge on any atom is -0.365 e. The zero-order valence-corrected chi connectivity index (χ0v) is 15.3. The number of aryl methyl sites for hydroxylation is 1. The Morgan fingerprint density at radius 1 is 1.25 bits per heavy atom. The van der Waals surface area contributed by atoms with E-state index in [0.29, 0.717) is 11.4 Å². The predicted molar refractivity (Wildman–Crippen MR) is 101 cm³/mol. The molecule has 1 amide bonds. The van der Waals surface area contributed by atoms with E-state index in [4.69, 9.17) is 0 Å².